The molecular weight excluding hydrogens is 334 g/mol. The predicted molar refractivity (Wildman–Crippen MR) is 55.2 cm³/mol. The number of hydrogen-bond donors (Lipinski definition) is 2. The second kappa shape index (κ2) is 7.21. The molecule has 2 rings (SSSR count). The summed E-state index contributed by atoms with van der Waals surface area (Å²) in [6, 6.07) is 0. The molecule has 0 spiro atoms. The summed E-state index contributed by atoms with van der Waals surface area (Å²) in [6.45, 7) is 6.86. The van der Waals surface area contributed by atoms with Gasteiger partial charge >= 0.3 is 85.3 Å². The zero-order chi connectivity index (χ0) is 12.8. The monoisotopic (exact) mass is 348 g/mol. The van der Waals surface area contributed by atoms with Crippen molar-refractivity contribution in [3.05, 3.63) is 0 Å². The molecule has 0 atom stereocenters. The standard InChI is InChI=1S/C2H8O4Si2.C2H6O4Si2.2Na/c2*1-7(2)5-8(3,4)6-7;;/h3-4H,1-2H3;1-2H3;;/q;-2;2*+1. The van der Waals surface area contributed by atoms with E-state index >= 15 is 0 Å². The molecule has 2 saturated heterocycles. The van der Waals surface area contributed by atoms with Crippen molar-refractivity contribution in [2.75, 3.05) is 0 Å². The molecule has 0 aliphatic carbocycles. The van der Waals surface area contributed by atoms with Crippen molar-refractivity contribution < 1.29 is 94.8 Å². The summed E-state index contributed by atoms with van der Waals surface area (Å²) >= 11 is 0. The molecule has 0 aromatic carbocycles. The van der Waals surface area contributed by atoms with Crippen LogP contribution in [0.2, 0.25) is 26.2 Å². The molecule has 2 heterocycles. The van der Waals surface area contributed by atoms with Crippen molar-refractivity contribution in [2.45, 2.75) is 26.2 Å². The topological polar surface area (TPSA) is 124 Å². The van der Waals surface area contributed by atoms with Gasteiger partial charge in [-0.2, -0.15) is 0 Å². The number of rotatable bonds is 0. The molecule has 2 fully saturated rings. The van der Waals surface area contributed by atoms with Gasteiger partial charge in [-0.1, -0.05) is 0 Å². The molecule has 2 aliphatic rings. The van der Waals surface area contributed by atoms with Crippen LogP contribution in [0.1, 0.15) is 0 Å². The Hall–Kier alpha value is 2.55. The Labute approximate surface area is 154 Å². The second-order valence-electron chi connectivity index (χ2n) is 4.26. The minimum Gasteiger partial charge on any atom is -0.829 e. The molecule has 2 N–H and O–H groups in total. The van der Waals surface area contributed by atoms with Crippen LogP contribution in [-0.2, 0) is 16.5 Å². The van der Waals surface area contributed by atoms with Gasteiger partial charge in [0.15, 0.2) is 0 Å². The van der Waals surface area contributed by atoms with E-state index in [0.717, 1.165) is 0 Å². The fourth-order valence-corrected chi connectivity index (χ4v) is 11.3. The largest absolute Gasteiger partial charge is 1.00 e. The first-order valence-electron chi connectivity index (χ1n) is 4.49. The summed E-state index contributed by atoms with van der Waals surface area (Å²) in [6.07, 6.45) is 0. The van der Waals surface area contributed by atoms with Crippen molar-refractivity contribution in [1.29, 1.82) is 0 Å². The normalized spacial score (nSPS) is 28.0. The minimum absolute atomic E-state index is 0. The molecule has 96 valence electrons. The van der Waals surface area contributed by atoms with E-state index in [4.69, 9.17) is 9.59 Å². The zero-order valence-electron chi connectivity index (χ0n) is 11.3. The van der Waals surface area contributed by atoms with Crippen molar-refractivity contribution >= 4 is 35.2 Å². The maximum Gasteiger partial charge on any atom is 1.00 e. The molecule has 0 aromatic rings. The van der Waals surface area contributed by atoms with Gasteiger partial charge in [-0.3, -0.25) is 0 Å². The molecule has 0 bridgehead atoms. The fraction of sp³-hybridized carbons (Fsp3) is 1.00. The van der Waals surface area contributed by atoms with Crippen molar-refractivity contribution in [3.63, 3.8) is 0 Å². The first-order valence-corrected chi connectivity index (χ1v) is 13.5. The van der Waals surface area contributed by atoms with E-state index in [-0.39, 0.29) is 59.1 Å². The van der Waals surface area contributed by atoms with E-state index in [1.54, 1.807) is 26.2 Å². The van der Waals surface area contributed by atoms with Crippen LogP contribution in [0.5, 0.6) is 0 Å². The third-order valence-electron chi connectivity index (χ3n) is 1.50. The van der Waals surface area contributed by atoms with Gasteiger partial charge in [0.2, 0.25) is 0 Å². The maximum absolute atomic E-state index is 10.1. The molecule has 8 nitrogen and oxygen atoms in total. The summed E-state index contributed by atoms with van der Waals surface area (Å²) in [5.74, 6) is 0. The Morgan fingerprint density at radius 3 is 1.00 bits per heavy atom. The van der Waals surface area contributed by atoms with Gasteiger partial charge in [0.1, 0.15) is 9.05 Å². The van der Waals surface area contributed by atoms with Crippen LogP contribution in [0.4, 0.5) is 0 Å². The predicted octanol–water partition coefficient (Wildman–Crippen LogP) is -8.95. The van der Waals surface area contributed by atoms with E-state index in [1.165, 1.54) is 0 Å². The summed E-state index contributed by atoms with van der Waals surface area (Å²) in [5, 5.41) is 0. The van der Waals surface area contributed by atoms with Crippen LogP contribution < -0.4 is 68.7 Å². The van der Waals surface area contributed by atoms with E-state index in [0.29, 0.717) is 0 Å². The minimum atomic E-state index is -4.02. The maximum atomic E-state index is 10.1. The van der Waals surface area contributed by atoms with Crippen LogP contribution in [0.25, 0.3) is 0 Å². The average molecular weight is 348 g/mol. The molecule has 2 aliphatic heterocycles. The summed E-state index contributed by atoms with van der Waals surface area (Å²) in [4.78, 5) is 37.4. The molecule has 0 amide bonds. The van der Waals surface area contributed by atoms with E-state index in [1.807, 2.05) is 0 Å². The van der Waals surface area contributed by atoms with Crippen LogP contribution in [0.3, 0.4) is 0 Å². The first-order chi connectivity index (χ1) is 6.83. The molecule has 0 radical (unpaired) electrons. The van der Waals surface area contributed by atoms with E-state index in [2.05, 4.69) is 16.5 Å². The van der Waals surface area contributed by atoms with Crippen LogP contribution in [0.15, 0.2) is 0 Å². The van der Waals surface area contributed by atoms with Crippen LogP contribution >= 0.6 is 0 Å². The quantitative estimate of drug-likeness (QED) is 0.414. The number of hydrogen-bond acceptors (Lipinski definition) is 8. The third-order valence-corrected chi connectivity index (χ3v) is 13.5. The van der Waals surface area contributed by atoms with Gasteiger partial charge in [0, 0.05) is 0 Å². The Morgan fingerprint density at radius 2 is 1.00 bits per heavy atom. The van der Waals surface area contributed by atoms with Gasteiger partial charge in [0.25, 0.3) is 0 Å². The van der Waals surface area contributed by atoms with Crippen molar-refractivity contribution in [2.24, 2.45) is 0 Å². The Morgan fingerprint density at radius 1 is 0.722 bits per heavy atom. The molecule has 18 heavy (non-hydrogen) atoms. The molecule has 0 unspecified atom stereocenters. The average Bonchev–Trinajstić information content (AvgIpc) is 1.71. The molecule has 0 aromatic heterocycles. The first kappa shape index (κ1) is 22.8. The van der Waals surface area contributed by atoms with Crippen molar-refractivity contribution in [3.8, 4) is 0 Å². The Balaban J connectivity index is 0. The second-order valence-corrected chi connectivity index (χ2v) is 15.2. The third kappa shape index (κ3) is 8.10. The molecule has 0 saturated carbocycles. The Kier molecular flexibility index (Phi) is 9.14. The van der Waals surface area contributed by atoms with E-state index < -0.39 is 35.2 Å². The van der Waals surface area contributed by atoms with Crippen LogP contribution in [-0.4, -0.2) is 44.8 Å². The zero-order valence-corrected chi connectivity index (χ0v) is 19.3. The molecular formula is C4H14Na2O8Si4. The van der Waals surface area contributed by atoms with E-state index in [9.17, 15) is 9.59 Å². The van der Waals surface area contributed by atoms with Gasteiger partial charge in [-0.25, -0.2) is 0 Å². The van der Waals surface area contributed by atoms with Crippen molar-refractivity contribution in [1.82, 2.24) is 0 Å². The molecule has 14 heteroatoms. The van der Waals surface area contributed by atoms with Gasteiger partial charge in [-0.05, 0) is 26.2 Å². The summed E-state index contributed by atoms with van der Waals surface area (Å²) in [7, 11) is -11.7. The Bertz CT molecular complexity index is 214. The summed E-state index contributed by atoms with van der Waals surface area (Å²) < 4.78 is 18.3. The van der Waals surface area contributed by atoms with Gasteiger partial charge in [0.05, 0.1) is 0 Å². The van der Waals surface area contributed by atoms with Crippen LogP contribution in [0, 0.1) is 0 Å². The fourth-order valence-electron chi connectivity index (χ4n) is 1.26. The smallest absolute Gasteiger partial charge is 0.829 e. The van der Waals surface area contributed by atoms with Gasteiger partial charge < -0.3 is 35.6 Å². The summed E-state index contributed by atoms with van der Waals surface area (Å²) in [5.41, 5.74) is 0. The van der Waals surface area contributed by atoms with Gasteiger partial charge in [-0.15, -0.1) is 0 Å². The SMILES string of the molecule is C[Si]1(C)O[Si](O)(O)O1.C[Si]1(C)O[Si]([O-])([O-])O1.[Na+].[Na+].